The number of rotatable bonds is 8. The maximum Gasteiger partial charge on any atom is 0.0697 e. The van der Waals surface area contributed by atoms with Crippen LogP contribution >= 0.6 is 15.9 Å². The number of nitrogens with one attached hydrogen (secondary N) is 1. The van der Waals surface area contributed by atoms with Crippen molar-refractivity contribution >= 4 is 15.9 Å². The highest BCUT2D eigenvalue weighted by molar-refractivity contribution is 9.10. The Labute approximate surface area is 135 Å². The van der Waals surface area contributed by atoms with E-state index >= 15 is 0 Å². The molecule has 1 N–H and O–H groups in total. The zero-order valence-electron chi connectivity index (χ0n) is 13.0. The molecule has 0 spiro atoms. The van der Waals surface area contributed by atoms with Gasteiger partial charge in [0.05, 0.1) is 41.7 Å². The van der Waals surface area contributed by atoms with Crippen molar-refractivity contribution in [1.82, 2.24) is 15.1 Å². The summed E-state index contributed by atoms with van der Waals surface area (Å²) < 4.78 is 14.2. The molecule has 21 heavy (non-hydrogen) atoms. The standard InChI is InChI=1S/C15H26BrN3O2/c1-3-17-14(10-12-6-4-5-8-21-12)15-13(16)11-18-19(15)7-9-20-2/h11-12,14,17H,3-10H2,1-2H3. The van der Waals surface area contributed by atoms with Crippen LogP contribution in [0.25, 0.3) is 0 Å². The molecule has 120 valence electrons. The molecule has 2 heterocycles. The van der Waals surface area contributed by atoms with Gasteiger partial charge >= 0.3 is 0 Å². The van der Waals surface area contributed by atoms with Crippen molar-refractivity contribution in [2.24, 2.45) is 0 Å². The minimum absolute atomic E-state index is 0.256. The maximum atomic E-state index is 5.90. The third-order valence-corrected chi connectivity index (χ3v) is 4.50. The average molecular weight is 360 g/mol. The lowest BCUT2D eigenvalue weighted by atomic mass is 9.99. The van der Waals surface area contributed by atoms with E-state index in [9.17, 15) is 0 Å². The Morgan fingerprint density at radius 1 is 1.57 bits per heavy atom. The van der Waals surface area contributed by atoms with Crippen LogP contribution in [0.1, 0.15) is 44.3 Å². The smallest absolute Gasteiger partial charge is 0.0697 e. The molecule has 1 aliphatic rings. The molecule has 0 aromatic carbocycles. The Morgan fingerprint density at radius 3 is 3.10 bits per heavy atom. The number of hydrogen-bond donors (Lipinski definition) is 1. The number of methoxy groups -OCH3 is 1. The predicted octanol–water partition coefficient (Wildman–Crippen LogP) is 2.90. The number of ether oxygens (including phenoxy) is 2. The van der Waals surface area contributed by atoms with Crippen molar-refractivity contribution in [3.63, 3.8) is 0 Å². The third-order valence-electron chi connectivity index (χ3n) is 3.89. The van der Waals surface area contributed by atoms with E-state index < -0.39 is 0 Å². The van der Waals surface area contributed by atoms with Crippen LogP contribution in [0.15, 0.2) is 10.7 Å². The van der Waals surface area contributed by atoms with Crippen molar-refractivity contribution in [2.45, 2.75) is 51.3 Å². The molecule has 2 rings (SSSR count). The van der Waals surface area contributed by atoms with Crippen molar-refractivity contribution in [2.75, 3.05) is 26.9 Å². The molecule has 5 nitrogen and oxygen atoms in total. The van der Waals surface area contributed by atoms with Crippen LogP contribution < -0.4 is 5.32 Å². The predicted molar refractivity (Wildman–Crippen MR) is 86.4 cm³/mol. The van der Waals surface area contributed by atoms with Crippen LogP contribution in [0.4, 0.5) is 0 Å². The average Bonchev–Trinajstić information content (AvgIpc) is 2.86. The minimum Gasteiger partial charge on any atom is -0.383 e. The molecular formula is C15H26BrN3O2. The van der Waals surface area contributed by atoms with E-state index in [4.69, 9.17) is 9.47 Å². The lowest BCUT2D eigenvalue weighted by molar-refractivity contribution is 0.00451. The fourth-order valence-electron chi connectivity index (χ4n) is 2.87. The molecule has 6 heteroatoms. The zero-order valence-corrected chi connectivity index (χ0v) is 14.6. The van der Waals surface area contributed by atoms with Crippen LogP contribution in [-0.2, 0) is 16.0 Å². The lowest BCUT2D eigenvalue weighted by Crippen LogP contribution is -2.31. The van der Waals surface area contributed by atoms with Crippen molar-refractivity contribution < 1.29 is 9.47 Å². The SMILES string of the molecule is CCNC(CC1CCCCO1)c1c(Br)cnn1CCOC. The Bertz CT molecular complexity index is 419. The fourth-order valence-corrected chi connectivity index (χ4v) is 3.44. The second kappa shape index (κ2) is 8.88. The molecular weight excluding hydrogens is 334 g/mol. The van der Waals surface area contributed by atoms with E-state index in [1.54, 1.807) is 7.11 Å². The molecule has 1 aromatic heterocycles. The highest BCUT2D eigenvalue weighted by Crippen LogP contribution is 2.29. The second-order valence-corrected chi connectivity index (χ2v) is 6.28. The normalized spacial score (nSPS) is 20.6. The van der Waals surface area contributed by atoms with E-state index in [1.807, 2.05) is 10.9 Å². The van der Waals surface area contributed by atoms with Gasteiger partial charge in [0.25, 0.3) is 0 Å². The van der Waals surface area contributed by atoms with Crippen molar-refractivity contribution in [3.05, 3.63) is 16.4 Å². The molecule has 0 saturated carbocycles. The fraction of sp³-hybridized carbons (Fsp3) is 0.800. The molecule has 2 atom stereocenters. The molecule has 1 saturated heterocycles. The zero-order chi connectivity index (χ0) is 15.1. The van der Waals surface area contributed by atoms with E-state index in [2.05, 4.69) is 33.3 Å². The van der Waals surface area contributed by atoms with Gasteiger partial charge in [0.2, 0.25) is 0 Å². The molecule has 0 amide bonds. The molecule has 0 radical (unpaired) electrons. The summed E-state index contributed by atoms with van der Waals surface area (Å²) in [6, 6.07) is 0.256. The van der Waals surface area contributed by atoms with Crippen LogP contribution in [-0.4, -0.2) is 42.8 Å². The summed E-state index contributed by atoms with van der Waals surface area (Å²) in [7, 11) is 1.72. The largest absolute Gasteiger partial charge is 0.383 e. The van der Waals surface area contributed by atoms with Gasteiger partial charge in [-0.1, -0.05) is 6.92 Å². The quantitative estimate of drug-likeness (QED) is 0.775. The molecule has 0 aliphatic carbocycles. The highest BCUT2D eigenvalue weighted by atomic mass is 79.9. The Morgan fingerprint density at radius 2 is 2.43 bits per heavy atom. The number of aromatic nitrogens is 2. The monoisotopic (exact) mass is 359 g/mol. The van der Waals surface area contributed by atoms with Gasteiger partial charge in [-0.3, -0.25) is 4.68 Å². The third kappa shape index (κ3) is 4.77. The molecule has 2 unspecified atom stereocenters. The summed E-state index contributed by atoms with van der Waals surface area (Å²) >= 11 is 3.64. The van der Waals surface area contributed by atoms with Gasteiger partial charge in [-0.2, -0.15) is 5.10 Å². The molecule has 1 aliphatic heterocycles. The first-order chi connectivity index (χ1) is 10.3. The molecule has 0 bridgehead atoms. The number of nitrogens with zero attached hydrogens (tertiary/aromatic N) is 2. The van der Waals surface area contributed by atoms with Gasteiger partial charge in [0.15, 0.2) is 0 Å². The van der Waals surface area contributed by atoms with Gasteiger partial charge in [0, 0.05) is 13.7 Å². The number of halogens is 1. The maximum absolute atomic E-state index is 5.90. The van der Waals surface area contributed by atoms with E-state index in [0.717, 1.165) is 37.0 Å². The highest BCUT2D eigenvalue weighted by Gasteiger charge is 2.24. The summed E-state index contributed by atoms with van der Waals surface area (Å²) in [5, 5.41) is 8.04. The molecule has 1 aromatic rings. The minimum atomic E-state index is 0.256. The summed E-state index contributed by atoms with van der Waals surface area (Å²) in [6.07, 6.45) is 6.83. The van der Waals surface area contributed by atoms with Crippen molar-refractivity contribution in [3.8, 4) is 0 Å². The first kappa shape index (κ1) is 16.9. The second-order valence-electron chi connectivity index (χ2n) is 5.43. The topological polar surface area (TPSA) is 48.3 Å². The Balaban J connectivity index is 2.10. The van der Waals surface area contributed by atoms with Crippen LogP contribution in [0, 0.1) is 0 Å². The molecule has 1 fully saturated rings. The van der Waals surface area contributed by atoms with Crippen LogP contribution in [0.5, 0.6) is 0 Å². The van der Waals surface area contributed by atoms with Gasteiger partial charge in [-0.25, -0.2) is 0 Å². The van der Waals surface area contributed by atoms with Crippen LogP contribution in [0.3, 0.4) is 0 Å². The van der Waals surface area contributed by atoms with Gasteiger partial charge in [0.1, 0.15) is 0 Å². The van der Waals surface area contributed by atoms with Crippen molar-refractivity contribution in [1.29, 1.82) is 0 Å². The summed E-state index contributed by atoms with van der Waals surface area (Å²) in [6.45, 7) is 5.40. The van der Waals surface area contributed by atoms with Gasteiger partial charge in [-0.05, 0) is 48.2 Å². The Hall–Kier alpha value is -0.430. The summed E-state index contributed by atoms with van der Waals surface area (Å²) in [5.41, 5.74) is 1.20. The van der Waals surface area contributed by atoms with Crippen LogP contribution in [0.2, 0.25) is 0 Å². The summed E-state index contributed by atoms with van der Waals surface area (Å²) in [4.78, 5) is 0. The Kier molecular flexibility index (Phi) is 7.16. The van der Waals surface area contributed by atoms with Gasteiger partial charge in [-0.15, -0.1) is 0 Å². The number of hydrogen-bond acceptors (Lipinski definition) is 4. The summed E-state index contributed by atoms with van der Waals surface area (Å²) in [5.74, 6) is 0. The first-order valence-corrected chi connectivity index (χ1v) is 8.60. The van der Waals surface area contributed by atoms with E-state index in [-0.39, 0.29) is 6.04 Å². The van der Waals surface area contributed by atoms with E-state index in [0.29, 0.717) is 12.7 Å². The lowest BCUT2D eigenvalue weighted by Gasteiger charge is -2.28. The first-order valence-electron chi connectivity index (χ1n) is 7.81. The van der Waals surface area contributed by atoms with E-state index in [1.165, 1.54) is 18.5 Å². The van der Waals surface area contributed by atoms with Gasteiger partial charge < -0.3 is 14.8 Å².